The molecule has 0 unspecified atom stereocenters. The van der Waals surface area contributed by atoms with E-state index in [0.717, 1.165) is 16.7 Å². The van der Waals surface area contributed by atoms with Gasteiger partial charge in [0.1, 0.15) is 5.70 Å². The second-order valence-electron chi connectivity index (χ2n) is 6.45. The zero-order valence-electron chi connectivity index (χ0n) is 17.1. The van der Waals surface area contributed by atoms with Crippen molar-refractivity contribution in [3.8, 4) is 0 Å². The Bertz CT molecular complexity index is 878. The van der Waals surface area contributed by atoms with Crippen LogP contribution in [0.2, 0.25) is 0 Å². The van der Waals surface area contributed by atoms with Crippen molar-refractivity contribution in [3.63, 3.8) is 0 Å². The molecule has 1 saturated heterocycles. The third-order valence-electron chi connectivity index (χ3n) is 4.27. The average Bonchev–Trinajstić information content (AvgIpc) is 2.79. The van der Waals surface area contributed by atoms with Gasteiger partial charge in [-0.3, -0.25) is 19.4 Å². The van der Waals surface area contributed by atoms with Crippen molar-refractivity contribution in [3.05, 3.63) is 71.2 Å². The van der Waals surface area contributed by atoms with E-state index in [1.54, 1.807) is 30.6 Å². The van der Waals surface area contributed by atoms with Crippen LogP contribution >= 0.6 is 0 Å². The molecule has 3 rings (SSSR count). The van der Waals surface area contributed by atoms with Gasteiger partial charge in [0, 0.05) is 38.1 Å². The van der Waals surface area contributed by atoms with Gasteiger partial charge in [-0.2, -0.15) is 0 Å². The second-order valence-corrected chi connectivity index (χ2v) is 6.45. The fraction of sp³-hybridized carbons (Fsp3) is 0.273. The first-order valence-electron chi connectivity index (χ1n) is 9.53. The van der Waals surface area contributed by atoms with Crippen LogP contribution in [0.15, 0.2) is 54.5 Å². The molecule has 1 aliphatic heterocycles. The van der Waals surface area contributed by atoms with E-state index in [9.17, 15) is 14.4 Å². The number of amides is 3. The molecule has 3 amide bonds. The molecule has 1 fully saturated rings. The van der Waals surface area contributed by atoms with Crippen molar-refractivity contribution in [2.75, 3.05) is 33.4 Å². The highest BCUT2D eigenvalue weighted by molar-refractivity contribution is 5.98. The van der Waals surface area contributed by atoms with Gasteiger partial charge in [0.25, 0.3) is 11.8 Å². The van der Waals surface area contributed by atoms with Crippen molar-refractivity contribution < 1.29 is 19.1 Å². The number of pyridine rings is 1. The summed E-state index contributed by atoms with van der Waals surface area (Å²) in [4.78, 5) is 39.3. The summed E-state index contributed by atoms with van der Waals surface area (Å²) in [6.07, 6.45) is 5.24. The lowest BCUT2D eigenvalue weighted by Crippen LogP contribution is -2.40. The van der Waals surface area contributed by atoms with E-state index < -0.39 is 0 Å². The average molecular weight is 410 g/mol. The number of carbonyl (C=O) groups is 3. The first kappa shape index (κ1) is 22.8. The fourth-order valence-electron chi connectivity index (χ4n) is 2.72. The molecule has 1 aromatic carbocycles. The van der Waals surface area contributed by atoms with Crippen LogP contribution in [0.5, 0.6) is 0 Å². The summed E-state index contributed by atoms with van der Waals surface area (Å²) < 4.78 is 5.22. The highest BCUT2D eigenvalue weighted by atomic mass is 16.5. The maximum absolute atomic E-state index is 12.0. The molecule has 30 heavy (non-hydrogen) atoms. The number of aromatic nitrogens is 1. The maximum Gasteiger partial charge on any atom is 0.267 e. The van der Waals surface area contributed by atoms with Crippen molar-refractivity contribution in [1.29, 1.82) is 0 Å². The van der Waals surface area contributed by atoms with E-state index >= 15 is 0 Å². The molecule has 158 valence electrons. The molecule has 0 spiro atoms. The van der Waals surface area contributed by atoms with E-state index in [4.69, 9.17) is 4.74 Å². The minimum atomic E-state index is -0.348. The predicted molar refractivity (Wildman–Crippen MR) is 113 cm³/mol. The van der Waals surface area contributed by atoms with Crippen LogP contribution in [0.3, 0.4) is 0 Å². The van der Waals surface area contributed by atoms with Crippen LogP contribution in [-0.4, -0.2) is 61.5 Å². The van der Waals surface area contributed by atoms with Crippen molar-refractivity contribution >= 4 is 24.3 Å². The third kappa shape index (κ3) is 7.14. The third-order valence-corrected chi connectivity index (χ3v) is 4.27. The topological polar surface area (TPSA) is 101 Å². The SMILES string of the molecule is CNC(=O)/C(=C/c1ccncc1)NC=O.Cc1cccc(C(=O)N2CCOCC2)c1. The van der Waals surface area contributed by atoms with E-state index in [1.807, 2.05) is 36.1 Å². The minimum absolute atomic E-state index is 0.113. The molecule has 8 nitrogen and oxygen atoms in total. The van der Waals surface area contributed by atoms with Gasteiger partial charge in [-0.1, -0.05) is 17.7 Å². The van der Waals surface area contributed by atoms with E-state index in [0.29, 0.717) is 32.7 Å². The number of aryl methyl sites for hydroxylation is 1. The second kappa shape index (κ2) is 12.1. The molecule has 0 atom stereocenters. The Hall–Kier alpha value is -3.52. The Morgan fingerprint density at radius 1 is 1.13 bits per heavy atom. The Kier molecular flexibility index (Phi) is 9.20. The van der Waals surface area contributed by atoms with Crippen LogP contribution in [0, 0.1) is 6.92 Å². The Morgan fingerprint density at radius 3 is 2.43 bits per heavy atom. The lowest BCUT2D eigenvalue weighted by atomic mass is 10.1. The van der Waals surface area contributed by atoms with Gasteiger partial charge < -0.3 is 20.3 Å². The van der Waals surface area contributed by atoms with Gasteiger partial charge in [0.05, 0.1) is 13.2 Å². The van der Waals surface area contributed by atoms with E-state index in [-0.39, 0.29) is 17.5 Å². The minimum Gasteiger partial charge on any atom is -0.378 e. The number of hydrogen-bond donors (Lipinski definition) is 2. The zero-order chi connectivity index (χ0) is 21.8. The number of ether oxygens (including phenoxy) is 1. The molecule has 1 aromatic heterocycles. The quantitative estimate of drug-likeness (QED) is 0.573. The summed E-state index contributed by atoms with van der Waals surface area (Å²) >= 11 is 0. The van der Waals surface area contributed by atoms with Crippen molar-refractivity contribution in [2.45, 2.75) is 6.92 Å². The molecule has 2 aromatic rings. The van der Waals surface area contributed by atoms with Gasteiger partial charge in [-0.15, -0.1) is 0 Å². The first-order chi connectivity index (χ1) is 14.5. The summed E-state index contributed by atoms with van der Waals surface area (Å²) in [6, 6.07) is 11.2. The van der Waals surface area contributed by atoms with Crippen LogP contribution in [0.1, 0.15) is 21.5 Å². The standard InChI is InChI=1S/C12H15NO2.C10H11N3O2/c1-10-3-2-4-11(9-10)12(14)13-5-7-15-8-6-13;1-11-10(15)9(13-7-14)6-8-2-4-12-5-3-8/h2-4,9H,5-8H2,1H3;2-7H,1H3,(H,11,15)(H,13,14)/b;9-6-. The van der Waals surface area contributed by atoms with Crippen molar-refractivity contribution in [1.82, 2.24) is 20.5 Å². The normalized spacial score (nSPS) is 13.5. The Morgan fingerprint density at radius 2 is 1.83 bits per heavy atom. The van der Waals surface area contributed by atoms with E-state index in [2.05, 4.69) is 15.6 Å². The van der Waals surface area contributed by atoms with Crippen molar-refractivity contribution in [2.24, 2.45) is 0 Å². The Balaban J connectivity index is 0.000000214. The Labute approximate surface area is 175 Å². The smallest absolute Gasteiger partial charge is 0.267 e. The molecular weight excluding hydrogens is 384 g/mol. The predicted octanol–water partition coefficient (Wildman–Crippen LogP) is 1.38. The highest BCUT2D eigenvalue weighted by Gasteiger charge is 2.18. The summed E-state index contributed by atoms with van der Waals surface area (Å²) in [5.41, 5.74) is 2.88. The number of benzene rings is 1. The largest absolute Gasteiger partial charge is 0.378 e. The molecule has 0 bridgehead atoms. The summed E-state index contributed by atoms with van der Waals surface area (Å²) in [5, 5.41) is 4.76. The number of nitrogens with zero attached hydrogens (tertiary/aromatic N) is 2. The van der Waals surface area contributed by atoms with Crippen LogP contribution in [0.25, 0.3) is 6.08 Å². The monoisotopic (exact) mass is 410 g/mol. The van der Waals surface area contributed by atoms with Gasteiger partial charge in [0.2, 0.25) is 6.41 Å². The number of nitrogens with one attached hydrogen (secondary N) is 2. The van der Waals surface area contributed by atoms with E-state index in [1.165, 1.54) is 7.05 Å². The maximum atomic E-state index is 12.0. The number of carbonyl (C=O) groups excluding carboxylic acids is 3. The number of morpholine rings is 1. The van der Waals surface area contributed by atoms with Gasteiger partial charge in [-0.05, 0) is 42.8 Å². The summed E-state index contributed by atoms with van der Waals surface area (Å²) in [7, 11) is 1.50. The molecule has 2 heterocycles. The number of likely N-dealkylation sites (N-methyl/N-ethyl adjacent to an activating group) is 1. The first-order valence-corrected chi connectivity index (χ1v) is 9.53. The summed E-state index contributed by atoms with van der Waals surface area (Å²) in [5.74, 6) is -0.235. The zero-order valence-corrected chi connectivity index (χ0v) is 17.1. The molecule has 0 radical (unpaired) electrons. The number of hydrogen-bond acceptors (Lipinski definition) is 5. The lowest BCUT2D eigenvalue weighted by Gasteiger charge is -2.26. The molecule has 0 aliphatic carbocycles. The lowest BCUT2D eigenvalue weighted by molar-refractivity contribution is -0.118. The summed E-state index contributed by atoms with van der Waals surface area (Å²) in [6.45, 7) is 4.70. The van der Waals surface area contributed by atoms with Gasteiger partial charge >= 0.3 is 0 Å². The van der Waals surface area contributed by atoms with Crippen LogP contribution < -0.4 is 10.6 Å². The number of rotatable bonds is 5. The molecule has 1 aliphatic rings. The molecule has 8 heteroatoms. The molecular formula is C22H26N4O4. The fourth-order valence-corrected chi connectivity index (χ4v) is 2.72. The van der Waals surface area contributed by atoms with Gasteiger partial charge in [-0.25, -0.2) is 0 Å². The molecule has 0 saturated carbocycles. The van der Waals surface area contributed by atoms with Gasteiger partial charge in [0.15, 0.2) is 0 Å². The molecule has 2 N–H and O–H groups in total. The van der Waals surface area contributed by atoms with Crippen LogP contribution in [-0.2, 0) is 14.3 Å². The van der Waals surface area contributed by atoms with Crippen LogP contribution in [0.4, 0.5) is 0 Å². The highest BCUT2D eigenvalue weighted by Crippen LogP contribution is 2.09.